The first kappa shape index (κ1) is 35.0. The van der Waals surface area contributed by atoms with Gasteiger partial charge in [-0.25, -0.2) is 9.59 Å². The zero-order valence-electron chi connectivity index (χ0n) is 24.7. The van der Waals surface area contributed by atoms with Crippen LogP contribution in [0.25, 0.3) is 0 Å². The van der Waals surface area contributed by atoms with Gasteiger partial charge in [-0.2, -0.15) is 0 Å². The molecule has 236 valence electrons. The van der Waals surface area contributed by atoms with Gasteiger partial charge in [0.1, 0.15) is 12.2 Å². The van der Waals surface area contributed by atoms with E-state index in [0.717, 1.165) is 64.2 Å². The molecular formula is C30H52N2O9. The number of carbonyl (C=O) groups excluding carboxylic acids is 2. The lowest BCUT2D eigenvalue weighted by Gasteiger charge is -2.18. The molecule has 0 saturated heterocycles. The van der Waals surface area contributed by atoms with Crippen LogP contribution in [-0.2, 0) is 33.2 Å². The molecule has 11 nitrogen and oxygen atoms in total. The van der Waals surface area contributed by atoms with Gasteiger partial charge < -0.3 is 43.8 Å². The summed E-state index contributed by atoms with van der Waals surface area (Å²) in [5.41, 5.74) is 0. The highest BCUT2D eigenvalue weighted by atomic mass is 16.6. The van der Waals surface area contributed by atoms with Crippen molar-refractivity contribution in [1.29, 1.82) is 0 Å². The average molecular weight is 585 g/mol. The van der Waals surface area contributed by atoms with Gasteiger partial charge in [-0.3, -0.25) is 0 Å². The molecule has 2 N–H and O–H groups in total. The van der Waals surface area contributed by atoms with Gasteiger partial charge in [-0.15, -0.1) is 0 Å². The summed E-state index contributed by atoms with van der Waals surface area (Å²) in [6.45, 7) is 5.34. The Hall–Kier alpha value is -2.18. The highest BCUT2D eigenvalue weighted by molar-refractivity contribution is 5.67. The molecule has 2 aliphatic carbocycles. The molecular weight excluding hydrogens is 532 g/mol. The molecule has 2 atom stereocenters. The van der Waals surface area contributed by atoms with E-state index in [0.29, 0.717) is 79.2 Å². The monoisotopic (exact) mass is 584 g/mol. The maximum atomic E-state index is 11.9. The number of alkyl carbamates (subject to hydrolysis) is 2. The topological polar surface area (TPSA) is 123 Å². The van der Waals surface area contributed by atoms with Crippen LogP contribution < -0.4 is 10.6 Å². The normalized spacial score (nSPS) is 21.0. The summed E-state index contributed by atoms with van der Waals surface area (Å²) >= 11 is 0. The highest BCUT2D eigenvalue weighted by Crippen LogP contribution is 2.16. The van der Waals surface area contributed by atoms with Gasteiger partial charge in [0, 0.05) is 13.1 Å². The number of rotatable bonds is 20. The summed E-state index contributed by atoms with van der Waals surface area (Å²) < 4.78 is 38.3. The Balaban J connectivity index is 1.24. The van der Waals surface area contributed by atoms with E-state index in [4.69, 9.17) is 33.2 Å². The van der Waals surface area contributed by atoms with Gasteiger partial charge in [0.15, 0.2) is 0 Å². The van der Waals surface area contributed by atoms with Crippen molar-refractivity contribution in [2.75, 3.05) is 79.2 Å². The summed E-state index contributed by atoms with van der Waals surface area (Å²) in [6.07, 6.45) is 17.6. The average Bonchev–Trinajstić information content (AvgIpc) is 2.93. The van der Waals surface area contributed by atoms with Crippen LogP contribution in [0.15, 0.2) is 24.3 Å². The Kier molecular flexibility index (Phi) is 21.8. The van der Waals surface area contributed by atoms with E-state index in [1.807, 2.05) is 0 Å². The summed E-state index contributed by atoms with van der Waals surface area (Å²) in [5, 5.41) is 5.46. The fourth-order valence-electron chi connectivity index (χ4n) is 4.31. The molecule has 2 rings (SSSR count). The zero-order chi connectivity index (χ0) is 29.1. The van der Waals surface area contributed by atoms with Crippen molar-refractivity contribution < 1.29 is 42.7 Å². The Morgan fingerprint density at radius 1 is 0.488 bits per heavy atom. The second-order valence-electron chi connectivity index (χ2n) is 9.93. The van der Waals surface area contributed by atoms with E-state index in [9.17, 15) is 9.59 Å². The molecule has 0 aromatic rings. The van der Waals surface area contributed by atoms with Crippen LogP contribution in [0.5, 0.6) is 0 Å². The predicted molar refractivity (Wildman–Crippen MR) is 155 cm³/mol. The molecule has 0 saturated carbocycles. The predicted octanol–water partition coefficient (Wildman–Crippen LogP) is 4.30. The molecule has 41 heavy (non-hydrogen) atoms. The molecule has 0 aromatic carbocycles. The first-order valence-corrected chi connectivity index (χ1v) is 15.3. The minimum absolute atomic E-state index is 0.00616. The molecule has 0 aromatic heterocycles. The lowest BCUT2D eigenvalue weighted by atomic mass is 10.0. The smallest absolute Gasteiger partial charge is 0.407 e. The van der Waals surface area contributed by atoms with Crippen molar-refractivity contribution in [3.8, 4) is 0 Å². The summed E-state index contributed by atoms with van der Waals surface area (Å²) in [7, 11) is 0. The van der Waals surface area contributed by atoms with Gasteiger partial charge in [0.05, 0.1) is 66.1 Å². The molecule has 0 radical (unpaired) electrons. The van der Waals surface area contributed by atoms with Crippen LogP contribution >= 0.6 is 0 Å². The third-order valence-electron chi connectivity index (χ3n) is 6.50. The summed E-state index contributed by atoms with van der Waals surface area (Å²) in [4.78, 5) is 23.8. The summed E-state index contributed by atoms with van der Waals surface area (Å²) in [6, 6.07) is 0. The maximum Gasteiger partial charge on any atom is 0.407 e. The Morgan fingerprint density at radius 2 is 0.829 bits per heavy atom. The second-order valence-corrected chi connectivity index (χ2v) is 9.93. The quantitative estimate of drug-likeness (QED) is 0.159. The standard InChI is InChI=1S/C30H52N2O9/c33-29(40-27-11-7-3-1-4-8-12-27)31-15-17-35-19-21-37-23-25-39-26-24-38-22-20-36-18-16-32-30(34)41-28-13-9-5-2-6-10-14-28/h1-3,5,27-28H,4,6-26H2,(H,31,33)(H,32,34)/b3-1-,5-2-. The van der Waals surface area contributed by atoms with E-state index in [1.54, 1.807) is 0 Å². The lowest BCUT2D eigenvalue weighted by molar-refractivity contribution is -0.0107. The number of hydrogen-bond acceptors (Lipinski definition) is 9. The Labute approximate surface area is 245 Å². The van der Waals surface area contributed by atoms with E-state index in [2.05, 4.69) is 34.9 Å². The van der Waals surface area contributed by atoms with Crippen molar-refractivity contribution in [2.45, 2.75) is 76.4 Å². The number of hydrogen-bond donors (Lipinski definition) is 2. The number of amides is 2. The molecule has 11 heteroatoms. The van der Waals surface area contributed by atoms with E-state index >= 15 is 0 Å². The number of nitrogens with one attached hydrogen (secondary N) is 2. The first-order valence-electron chi connectivity index (χ1n) is 15.3. The van der Waals surface area contributed by atoms with Gasteiger partial charge in [0.25, 0.3) is 0 Å². The first-order chi connectivity index (χ1) is 20.2. The summed E-state index contributed by atoms with van der Waals surface area (Å²) in [5.74, 6) is 0. The van der Waals surface area contributed by atoms with Gasteiger partial charge in [0.2, 0.25) is 0 Å². The van der Waals surface area contributed by atoms with Crippen molar-refractivity contribution in [3.05, 3.63) is 24.3 Å². The SMILES string of the molecule is O=C(NCCOCCOCCOCCOCCOCCNC(=O)OC1CC/C=C\CCC1)OC1CC/C=C\CCC1. The third kappa shape index (κ3) is 21.2. The fraction of sp³-hybridized carbons (Fsp3) is 0.800. The second kappa shape index (κ2) is 25.5. The van der Waals surface area contributed by atoms with Crippen LogP contribution in [0.2, 0.25) is 0 Å². The van der Waals surface area contributed by atoms with Crippen LogP contribution in [0.1, 0.15) is 64.2 Å². The van der Waals surface area contributed by atoms with Gasteiger partial charge >= 0.3 is 12.2 Å². The molecule has 2 aliphatic rings. The molecule has 2 unspecified atom stereocenters. The molecule has 0 heterocycles. The van der Waals surface area contributed by atoms with Crippen molar-refractivity contribution in [3.63, 3.8) is 0 Å². The van der Waals surface area contributed by atoms with E-state index < -0.39 is 0 Å². The Bertz CT molecular complexity index is 662. The largest absolute Gasteiger partial charge is 0.446 e. The maximum absolute atomic E-state index is 11.9. The molecule has 0 fully saturated rings. The van der Waals surface area contributed by atoms with Crippen LogP contribution in [0.4, 0.5) is 9.59 Å². The number of ether oxygens (including phenoxy) is 7. The third-order valence-corrected chi connectivity index (χ3v) is 6.50. The van der Waals surface area contributed by atoms with Crippen molar-refractivity contribution in [1.82, 2.24) is 10.6 Å². The Morgan fingerprint density at radius 3 is 1.22 bits per heavy atom. The van der Waals surface area contributed by atoms with Crippen LogP contribution in [-0.4, -0.2) is 104 Å². The van der Waals surface area contributed by atoms with E-state index in [-0.39, 0.29) is 24.4 Å². The van der Waals surface area contributed by atoms with Crippen LogP contribution in [0, 0.1) is 0 Å². The molecule has 0 spiro atoms. The minimum Gasteiger partial charge on any atom is -0.446 e. The van der Waals surface area contributed by atoms with Gasteiger partial charge in [-0.05, 0) is 64.2 Å². The molecule has 2 amide bonds. The molecule has 0 bridgehead atoms. The number of allylic oxidation sites excluding steroid dienone is 4. The fourth-order valence-corrected chi connectivity index (χ4v) is 4.31. The van der Waals surface area contributed by atoms with Crippen molar-refractivity contribution in [2.24, 2.45) is 0 Å². The van der Waals surface area contributed by atoms with Crippen LogP contribution in [0.3, 0.4) is 0 Å². The highest BCUT2D eigenvalue weighted by Gasteiger charge is 2.15. The lowest BCUT2D eigenvalue weighted by Crippen LogP contribution is -2.31. The molecule has 0 aliphatic heterocycles. The zero-order valence-corrected chi connectivity index (χ0v) is 24.7. The number of carbonyl (C=O) groups is 2. The van der Waals surface area contributed by atoms with Crippen molar-refractivity contribution >= 4 is 12.2 Å². The van der Waals surface area contributed by atoms with E-state index in [1.165, 1.54) is 0 Å². The van der Waals surface area contributed by atoms with Gasteiger partial charge in [-0.1, -0.05) is 24.3 Å². The minimum atomic E-state index is -0.377.